The highest BCUT2D eigenvalue weighted by Gasteiger charge is 2.22. The Hall–Kier alpha value is -4.05. The molecule has 0 amide bonds. The average Bonchev–Trinajstić information content (AvgIpc) is 3.35. The second kappa shape index (κ2) is 53.2. The Bertz CT molecular complexity index is 1540. The molecule has 0 spiro atoms. The van der Waals surface area contributed by atoms with Crippen LogP contribution in [0, 0.1) is 0 Å². The molecule has 0 aliphatic carbocycles. The molecule has 9 heteroatoms. The minimum absolute atomic E-state index is 0.139. The molecule has 72 heavy (non-hydrogen) atoms. The lowest BCUT2D eigenvalue weighted by atomic mass is 10.1. The van der Waals surface area contributed by atoms with Crippen LogP contribution in [-0.2, 0) is 33.3 Å². The molecule has 0 radical (unpaired) electrons. The molecule has 2 unspecified atom stereocenters. The number of esters is 2. The number of carbonyl (C=O) groups excluding carboxylic acids is 3. The van der Waals surface area contributed by atoms with Crippen LogP contribution in [0.15, 0.2) is 109 Å². The highest BCUT2D eigenvalue weighted by Crippen LogP contribution is 2.14. The van der Waals surface area contributed by atoms with Crippen molar-refractivity contribution in [3.63, 3.8) is 0 Å². The van der Waals surface area contributed by atoms with Crippen molar-refractivity contribution >= 4 is 17.9 Å². The van der Waals surface area contributed by atoms with Crippen LogP contribution in [-0.4, -0.2) is 82.3 Å². The molecule has 0 aromatic rings. The molecule has 0 bridgehead atoms. The van der Waals surface area contributed by atoms with Crippen molar-refractivity contribution in [1.29, 1.82) is 0 Å². The van der Waals surface area contributed by atoms with Gasteiger partial charge < -0.3 is 33.3 Å². The fourth-order valence-corrected chi connectivity index (χ4v) is 7.37. The number of ether oxygens (including phenoxy) is 4. The molecule has 0 aromatic carbocycles. The molecule has 0 aliphatic rings. The SMILES string of the molecule is CC/C=C\C/C=C\C/C=C\C/C=C\C/C=C\C/C=C\C/C=C\CCCCCCCCCCCC(=O)OC(COC(=O)CCCCCCC/C=C\C/C=C\CCCCCC)COC(OCC[N+](C)(C)C)C(=O)[O-]. The number of allylic oxidation sites excluding steroid dienone is 18. The predicted octanol–water partition coefficient (Wildman–Crippen LogP) is 15.4. The summed E-state index contributed by atoms with van der Waals surface area (Å²) in [5, 5.41) is 11.8. The summed E-state index contributed by atoms with van der Waals surface area (Å²) in [4.78, 5) is 37.2. The van der Waals surface area contributed by atoms with Crippen molar-refractivity contribution in [2.45, 2.75) is 225 Å². The van der Waals surface area contributed by atoms with E-state index in [1.54, 1.807) is 0 Å². The maximum absolute atomic E-state index is 12.9. The van der Waals surface area contributed by atoms with Gasteiger partial charge in [-0.05, 0) is 103 Å². The summed E-state index contributed by atoms with van der Waals surface area (Å²) < 4.78 is 22.6. The lowest BCUT2D eigenvalue weighted by molar-refractivity contribution is -0.870. The molecule has 0 aromatic heterocycles. The highest BCUT2D eigenvalue weighted by atomic mass is 16.7. The first-order valence-corrected chi connectivity index (χ1v) is 28.5. The number of carboxylic acids is 1. The first kappa shape index (κ1) is 68.0. The van der Waals surface area contributed by atoms with E-state index in [9.17, 15) is 19.5 Å². The Kier molecular flexibility index (Phi) is 50.3. The van der Waals surface area contributed by atoms with Crippen molar-refractivity contribution in [3.05, 3.63) is 109 Å². The Morgan fingerprint density at radius 1 is 0.431 bits per heavy atom. The van der Waals surface area contributed by atoms with Crippen molar-refractivity contribution in [2.75, 3.05) is 47.5 Å². The van der Waals surface area contributed by atoms with Gasteiger partial charge in [-0.1, -0.05) is 207 Å². The van der Waals surface area contributed by atoms with E-state index in [1.165, 1.54) is 64.2 Å². The smallest absolute Gasteiger partial charge is 0.306 e. The maximum Gasteiger partial charge on any atom is 0.306 e. The normalized spacial score (nSPS) is 13.6. The molecule has 0 N–H and O–H groups in total. The summed E-state index contributed by atoms with van der Waals surface area (Å²) in [5.74, 6) is -2.32. The molecule has 0 aliphatic heterocycles. The molecular formula is C63H105NO8. The van der Waals surface area contributed by atoms with E-state index in [-0.39, 0.29) is 38.6 Å². The highest BCUT2D eigenvalue weighted by molar-refractivity contribution is 5.70. The molecule has 410 valence electrons. The number of carbonyl (C=O) groups is 3. The van der Waals surface area contributed by atoms with Crippen LogP contribution in [0.5, 0.6) is 0 Å². The van der Waals surface area contributed by atoms with Crippen LogP contribution < -0.4 is 5.11 Å². The fourth-order valence-electron chi connectivity index (χ4n) is 7.37. The van der Waals surface area contributed by atoms with E-state index >= 15 is 0 Å². The number of unbranched alkanes of at least 4 members (excludes halogenated alkanes) is 18. The quantitative estimate of drug-likeness (QED) is 0.0195. The van der Waals surface area contributed by atoms with Crippen molar-refractivity contribution in [3.8, 4) is 0 Å². The topological polar surface area (TPSA) is 111 Å². The third-order valence-electron chi connectivity index (χ3n) is 11.8. The Labute approximate surface area is 441 Å². The first-order valence-electron chi connectivity index (χ1n) is 28.5. The number of nitrogens with zero attached hydrogens (tertiary/aromatic N) is 1. The summed E-state index contributed by atoms with van der Waals surface area (Å²) in [5.41, 5.74) is 0. The summed E-state index contributed by atoms with van der Waals surface area (Å²) in [7, 11) is 5.90. The van der Waals surface area contributed by atoms with Gasteiger partial charge in [0.05, 0.1) is 40.3 Å². The minimum atomic E-state index is -1.63. The molecular weight excluding hydrogens is 899 g/mol. The predicted molar refractivity (Wildman–Crippen MR) is 301 cm³/mol. The van der Waals surface area contributed by atoms with E-state index in [2.05, 4.69) is 123 Å². The molecule has 0 saturated carbocycles. The van der Waals surface area contributed by atoms with Gasteiger partial charge in [0.15, 0.2) is 12.4 Å². The standard InChI is InChI=1S/C63H105NO8/c1-6-8-10-12-14-16-18-20-22-24-25-26-27-28-29-30-31-32-33-34-35-36-37-38-40-42-44-46-48-50-52-54-61(66)72-59(58-71-63(62(67)68)69-56-55-64(3,4)5)57-70-60(65)53-51-49-47-45-43-41-39-23-21-19-17-15-13-11-9-7-2/h8,10,14,16-17,19-20,22-23,25-26,28-29,31-32,34-35,39,59,63H,6-7,9,11-13,15,18,21,24,27,30,33,36-38,40-58H2,1-5H3/b10-8-,16-14-,19-17-,22-20-,26-25-,29-28-,32-31-,35-34-,39-23-. The number of rotatable bonds is 51. The van der Waals surface area contributed by atoms with Crippen molar-refractivity contribution < 1.29 is 42.9 Å². The second-order valence-electron chi connectivity index (χ2n) is 19.8. The Balaban J connectivity index is 4.28. The van der Waals surface area contributed by atoms with E-state index in [0.29, 0.717) is 17.4 Å². The zero-order valence-electron chi connectivity index (χ0n) is 46.5. The zero-order chi connectivity index (χ0) is 52.7. The van der Waals surface area contributed by atoms with Gasteiger partial charge >= 0.3 is 11.9 Å². The Morgan fingerprint density at radius 3 is 1.18 bits per heavy atom. The van der Waals surface area contributed by atoms with E-state index in [0.717, 1.165) is 116 Å². The first-order chi connectivity index (χ1) is 35.1. The fraction of sp³-hybridized carbons (Fsp3) is 0.667. The van der Waals surface area contributed by atoms with Gasteiger partial charge in [0.2, 0.25) is 0 Å². The van der Waals surface area contributed by atoms with Crippen molar-refractivity contribution in [2.24, 2.45) is 0 Å². The number of likely N-dealkylation sites (N-methyl/N-ethyl adjacent to an activating group) is 1. The summed E-state index contributed by atoms with van der Waals surface area (Å²) in [6, 6.07) is 0. The van der Waals surface area contributed by atoms with E-state index in [1.807, 2.05) is 21.1 Å². The lowest BCUT2D eigenvalue weighted by Gasteiger charge is -2.26. The number of quaternary nitrogens is 1. The van der Waals surface area contributed by atoms with E-state index in [4.69, 9.17) is 18.9 Å². The molecule has 0 rings (SSSR count). The van der Waals surface area contributed by atoms with Gasteiger partial charge in [0.1, 0.15) is 13.2 Å². The number of hydrogen-bond donors (Lipinski definition) is 0. The van der Waals surface area contributed by atoms with E-state index < -0.39 is 24.3 Å². The number of aliphatic carboxylic acids is 1. The van der Waals surface area contributed by atoms with Crippen LogP contribution in [0.25, 0.3) is 0 Å². The van der Waals surface area contributed by atoms with Crippen LogP contribution in [0.4, 0.5) is 0 Å². The largest absolute Gasteiger partial charge is 0.545 e. The van der Waals surface area contributed by atoms with Gasteiger partial charge in [0.25, 0.3) is 0 Å². The third kappa shape index (κ3) is 53.7. The molecule has 2 atom stereocenters. The summed E-state index contributed by atoms with van der Waals surface area (Å²) >= 11 is 0. The molecule has 9 nitrogen and oxygen atoms in total. The van der Waals surface area contributed by atoms with Gasteiger partial charge in [-0.2, -0.15) is 0 Å². The van der Waals surface area contributed by atoms with Crippen LogP contribution >= 0.6 is 0 Å². The Morgan fingerprint density at radius 2 is 0.792 bits per heavy atom. The van der Waals surface area contributed by atoms with Crippen molar-refractivity contribution in [1.82, 2.24) is 0 Å². The average molecular weight is 1000 g/mol. The second-order valence-corrected chi connectivity index (χ2v) is 19.8. The van der Waals surface area contributed by atoms with Crippen LogP contribution in [0.1, 0.15) is 213 Å². The van der Waals surface area contributed by atoms with Gasteiger partial charge in [0, 0.05) is 12.8 Å². The third-order valence-corrected chi connectivity index (χ3v) is 11.8. The maximum atomic E-state index is 12.9. The minimum Gasteiger partial charge on any atom is -0.545 e. The number of hydrogen-bond acceptors (Lipinski definition) is 8. The molecule has 0 heterocycles. The molecule has 0 saturated heterocycles. The van der Waals surface area contributed by atoms with Crippen LogP contribution in [0.2, 0.25) is 0 Å². The zero-order valence-corrected chi connectivity index (χ0v) is 46.5. The van der Waals surface area contributed by atoms with Gasteiger partial charge in [-0.25, -0.2) is 0 Å². The lowest BCUT2D eigenvalue weighted by Crippen LogP contribution is -2.44. The van der Waals surface area contributed by atoms with Gasteiger partial charge in [-0.3, -0.25) is 9.59 Å². The van der Waals surface area contributed by atoms with Gasteiger partial charge in [-0.15, -0.1) is 0 Å². The summed E-state index contributed by atoms with van der Waals surface area (Å²) in [6.45, 7) is 4.58. The summed E-state index contributed by atoms with van der Waals surface area (Å²) in [6.07, 6.45) is 69.9. The monoisotopic (exact) mass is 1000 g/mol. The van der Waals surface area contributed by atoms with Crippen LogP contribution in [0.3, 0.4) is 0 Å². The molecule has 0 fully saturated rings. The number of carboxylic acid groups (broad SMARTS) is 1.